The Morgan fingerprint density at radius 2 is 1.89 bits per heavy atom. The summed E-state index contributed by atoms with van der Waals surface area (Å²) in [6.07, 6.45) is 0. The number of hydrogen-bond donors (Lipinski definition) is 1. The number of aromatic hydroxyl groups is 1. The Bertz CT molecular complexity index is 591. The lowest BCUT2D eigenvalue weighted by Crippen LogP contribution is -2.11. The minimum absolute atomic E-state index is 0.00773. The highest BCUT2D eigenvalue weighted by molar-refractivity contribution is 14.1. The molecule has 0 bridgehead atoms. The maximum Gasteiger partial charge on any atom is 0.200 e. The fraction of sp³-hybridized carbons (Fsp3) is 0.133. The minimum atomic E-state index is -0.113. The fourth-order valence-corrected chi connectivity index (χ4v) is 2.30. The van der Waals surface area contributed by atoms with Gasteiger partial charge in [-0.3, -0.25) is 4.79 Å². The molecule has 0 aliphatic carbocycles. The van der Waals surface area contributed by atoms with Gasteiger partial charge in [0.2, 0.25) is 0 Å². The van der Waals surface area contributed by atoms with E-state index in [2.05, 4.69) is 22.6 Å². The molecule has 0 saturated heterocycles. The zero-order valence-electron chi connectivity index (χ0n) is 10.4. The number of carbonyl (C=O) groups excluding carboxylic acids is 1. The van der Waals surface area contributed by atoms with Crippen molar-refractivity contribution in [3.05, 3.63) is 57.2 Å². The number of benzene rings is 2. The summed E-state index contributed by atoms with van der Waals surface area (Å²) in [5, 5.41) is 9.17. The maximum absolute atomic E-state index is 11.9. The third-order valence-electron chi connectivity index (χ3n) is 2.69. The number of ketones is 1. The van der Waals surface area contributed by atoms with Gasteiger partial charge >= 0.3 is 0 Å². The van der Waals surface area contributed by atoms with Crippen LogP contribution in [-0.2, 0) is 0 Å². The molecule has 1 N–H and O–H groups in total. The van der Waals surface area contributed by atoms with Crippen LogP contribution in [0.1, 0.15) is 15.9 Å². The van der Waals surface area contributed by atoms with Crippen molar-refractivity contribution in [2.24, 2.45) is 0 Å². The molecule has 0 radical (unpaired) electrons. The molecule has 0 saturated carbocycles. The predicted molar refractivity (Wildman–Crippen MR) is 81.8 cm³/mol. The second kappa shape index (κ2) is 6.06. The molecule has 4 heteroatoms. The molecule has 2 aromatic rings. The predicted octanol–water partition coefficient (Wildman–Crippen LogP) is 3.57. The highest BCUT2D eigenvalue weighted by Crippen LogP contribution is 2.20. The number of aryl methyl sites for hydroxylation is 1. The number of phenolic OH excluding ortho intramolecular Hbond substituents is 1. The lowest BCUT2D eigenvalue weighted by Gasteiger charge is -2.08. The van der Waals surface area contributed by atoms with Crippen LogP contribution in [-0.4, -0.2) is 17.5 Å². The third-order valence-corrected chi connectivity index (χ3v) is 3.36. The largest absolute Gasteiger partial charge is 0.508 e. The van der Waals surface area contributed by atoms with E-state index in [1.807, 2.05) is 25.1 Å². The molecular formula is C15H13IO3. The zero-order chi connectivity index (χ0) is 13.8. The van der Waals surface area contributed by atoms with E-state index in [4.69, 9.17) is 9.84 Å². The summed E-state index contributed by atoms with van der Waals surface area (Å²) in [7, 11) is 0. The molecule has 0 spiro atoms. The molecule has 0 aromatic heterocycles. The molecule has 98 valence electrons. The summed E-state index contributed by atoms with van der Waals surface area (Å²) in [4.78, 5) is 11.9. The summed E-state index contributed by atoms with van der Waals surface area (Å²) in [5.74, 6) is 0.747. The molecule has 2 rings (SSSR count). The van der Waals surface area contributed by atoms with Crippen LogP contribution in [0.2, 0.25) is 0 Å². The van der Waals surface area contributed by atoms with Crippen molar-refractivity contribution in [3.8, 4) is 11.5 Å². The molecule has 0 amide bonds. The van der Waals surface area contributed by atoms with E-state index in [1.54, 1.807) is 12.1 Å². The van der Waals surface area contributed by atoms with Gasteiger partial charge in [0.05, 0.1) is 0 Å². The van der Waals surface area contributed by atoms with E-state index < -0.39 is 0 Å². The third kappa shape index (κ3) is 3.70. The Morgan fingerprint density at radius 3 is 2.53 bits per heavy atom. The second-order valence-electron chi connectivity index (χ2n) is 4.17. The SMILES string of the molecule is Cc1cc(I)ccc1OCC(=O)c1ccc(O)cc1. The number of phenols is 1. The molecule has 2 aromatic carbocycles. The van der Waals surface area contributed by atoms with Gasteiger partial charge in [0.15, 0.2) is 12.4 Å². The van der Waals surface area contributed by atoms with Gasteiger partial charge in [0.1, 0.15) is 11.5 Å². The van der Waals surface area contributed by atoms with Crippen LogP contribution in [0.25, 0.3) is 0 Å². The molecular weight excluding hydrogens is 355 g/mol. The highest BCUT2D eigenvalue weighted by Gasteiger charge is 2.08. The van der Waals surface area contributed by atoms with Crippen molar-refractivity contribution < 1.29 is 14.6 Å². The summed E-state index contributed by atoms with van der Waals surface area (Å²) >= 11 is 2.23. The minimum Gasteiger partial charge on any atom is -0.508 e. The van der Waals surface area contributed by atoms with Crippen molar-refractivity contribution in [2.45, 2.75) is 6.92 Å². The summed E-state index contributed by atoms with van der Waals surface area (Å²) < 4.78 is 6.65. The average Bonchev–Trinajstić information content (AvgIpc) is 2.38. The molecule has 0 fully saturated rings. The van der Waals surface area contributed by atoms with E-state index >= 15 is 0 Å². The standard InChI is InChI=1S/C15H13IO3/c1-10-8-12(16)4-7-15(10)19-9-14(18)11-2-5-13(17)6-3-11/h2-8,17H,9H2,1H3. The number of carbonyl (C=O) groups is 1. The van der Waals surface area contributed by atoms with Crippen LogP contribution in [0.4, 0.5) is 0 Å². The van der Waals surface area contributed by atoms with Crippen LogP contribution in [0.15, 0.2) is 42.5 Å². The first-order chi connectivity index (χ1) is 9.06. The lowest BCUT2D eigenvalue weighted by atomic mass is 10.1. The fourth-order valence-electron chi connectivity index (χ4n) is 1.65. The van der Waals surface area contributed by atoms with Gasteiger partial charge in [0, 0.05) is 9.13 Å². The second-order valence-corrected chi connectivity index (χ2v) is 5.41. The smallest absolute Gasteiger partial charge is 0.200 e. The van der Waals surface area contributed by atoms with Crippen molar-refractivity contribution in [2.75, 3.05) is 6.61 Å². The van der Waals surface area contributed by atoms with Gasteiger partial charge in [-0.15, -0.1) is 0 Å². The Kier molecular flexibility index (Phi) is 4.42. The van der Waals surface area contributed by atoms with Crippen molar-refractivity contribution >= 4 is 28.4 Å². The Balaban J connectivity index is 2.02. The van der Waals surface area contributed by atoms with E-state index in [-0.39, 0.29) is 18.1 Å². The van der Waals surface area contributed by atoms with Gasteiger partial charge in [0.25, 0.3) is 0 Å². The zero-order valence-corrected chi connectivity index (χ0v) is 12.5. The number of halogens is 1. The quantitative estimate of drug-likeness (QED) is 0.663. The summed E-state index contributed by atoms with van der Waals surface area (Å²) in [6.45, 7) is 1.94. The average molecular weight is 368 g/mol. The van der Waals surface area contributed by atoms with E-state index in [9.17, 15) is 4.79 Å². The van der Waals surface area contributed by atoms with Crippen LogP contribution < -0.4 is 4.74 Å². The van der Waals surface area contributed by atoms with E-state index in [1.165, 1.54) is 12.1 Å². The highest BCUT2D eigenvalue weighted by atomic mass is 127. The van der Waals surface area contributed by atoms with Crippen molar-refractivity contribution in [3.63, 3.8) is 0 Å². The van der Waals surface area contributed by atoms with E-state index in [0.717, 1.165) is 9.13 Å². The van der Waals surface area contributed by atoms with Crippen LogP contribution >= 0.6 is 22.6 Å². The van der Waals surface area contributed by atoms with Crippen LogP contribution in [0, 0.1) is 10.5 Å². The molecule has 3 nitrogen and oxygen atoms in total. The number of hydrogen-bond acceptors (Lipinski definition) is 3. The van der Waals surface area contributed by atoms with Crippen molar-refractivity contribution in [1.29, 1.82) is 0 Å². The summed E-state index contributed by atoms with van der Waals surface area (Å²) in [6, 6.07) is 12.0. The lowest BCUT2D eigenvalue weighted by molar-refractivity contribution is 0.0921. The normalized spacial score (nSPS) is 10.2. The number of ether oxygens (including phenoxy) is 1. The van der Waals surface area contributed by atoms with Gasteiger partial charge in [-0.25, -0.2) is 0 Å². The van der Waals surface area contributed by atoms with Crippen LogP contribution in [0.3, 0.4) is 0 Å². The van der Waals surface area contributed by atoms with E-state index in [0.29, 0.717) is 11.3 Å². The first kappa shape index (κ1) is 13.9. The van der Waals surface area contributed by atoms with Crippen molar-refractivity contribution in [1.82, 2.24) is 0 Å². The molecule has 19 heavy (non-hydrogen) atoms. The molecule has 0 heterocycles. The summed E-state index contributed by atoms with van der Waals surface area (Å²) in [5.41, 5.74) is 1.53. The molecule has 0 aliphatic heterocycles. The van der Waals surface area contributed by atoms with Gasteiger partial charge < -0.3 is 9.84 Å². The van der Waals surface area contributed by atoms with Gasteiger partial charge in [-0.2, -0.15) is 0 Å². The molecule has 0 unspecified atom stereocenters. The molecule has 0 atom stereocenters. The monoisotopic (exact) mass is 368 g/mol. The molecule has 0 aliphatic rings. The van der Waals surface area contributed by atoms with Gasteiger partial charge in [-0.1, -0.05) is 0 Å². The first-order valence-electron chi connectivity index (χ1n) is 5.77. The Morgan fingerprint density at radius 1 is 1.21 bits per heavy atom. The number of rotatable bonds is 4. The number of Topliss-reactive ketones (excluding diaryl/α,β-unsaturated/α-hetero) is 1. The Hall–Kier alpha value is -1.56. The first-order valence-corrected chi connectivity index (χ1v) is 6.85. The van der Waals surface area contributed by atoms with Gasteiger partial charge in [-0.05, 0) is 77.5 Å². The maximum atomic E-state index is 11.9. The van der Waals surface area contributed by atoms with Crippen LogP contribution in [0.5, 0.6) is 11.5 Å². The Labute approximate surface area is 125 Å². The topological polar surface area (TPSA) is 46.5 Å².